The second kappa shape index (κ2) is 5.54. The van der Waals surface area contributed by atoms with Crippen LogP contribution in [0.4, 0.5) is 4.39 Å². The van der Waals surface area contributed by atoms with E-state index in [2.05, 4.69) is 0 Å². The Hall–Kier alpha value is -1.62. The summed E-state index contributed by atoms with van der Waals surface area (Å²) in [4.78, 5) is 26.3. The topological polar surface area (TPSA) is 63.4 Å². The van der Waals surface area contributed by atoms with Gasteiger partial charge in [-0.05, 0) is 31.0 Å². The predicted octanol–water partition coefficient (Wildman–Crippen LogP) is 2.52. The number of carbonyl (C=O) groups excluding carboxylic acids is 2. The van der Waals surface area contributed by atoms with Crippen LogP contribution in [0.25, 0.3) is 0 Å². The zero-order valence-electron chi connectivity index (χ0n) is 13.0. The number of benzene rings is 1. The maximum atomic E-state index is 13.2. The smallest absolute Gasteiger partial charge is 0.243 e. The van der Waals surface area contributed by atoms with E-state index in [9.17, 15) is 14.0 Å². The summed E-state index contributed by atoms with van der Waals surface area (Å²) >= 11 is 6.08. The lowest BCUT2D eigenvalue weighted by atomic mass is 9.79. The van der Waals surface area contributed by atoms with Crippen LogP contribution in [-0.2, 0) is 16.0 Å². The summed E-state index contributed by atoms with van der Waals surface area (Å²) in [6.07, 6.45) is 0.500. The first-order valence-corrected chi connectivity index (χ1v) is 7.58. The number of hydrogen-bond acceptors (Lipinski definition) is 2. The molecule has 0 unspecified atom stereocenters. The molecular weight excluding hydrogens is 307 g/mol. The van der Waals surface area contributed by atoms with Crippen LogP contribution in [0.1, 0.15) is 32.8 Å². The van der Waals surface area contributed by atoms with E-state index in [0.29, 0.717) is 18.5 Å². The first-order valence-electron chi connectivity index (χ1n) is 7.20. The number of amides is 2. The van der Waals surface area contributed by atoms with E-state index in [1.54, 1.807) is 13.8 Å². The van der Waals surface area contributed by atoms with Gasteiger partial charge >= 0.3 is 0 Å². The molecule has 1 aliphatic rings. The molecular formula is C16H20ClFN2O2. The number of rotatable bonds is 4. The number of nitrogens with zero attached hydrogens (tertiary/aromatic N) is 1. The molecule has 2 amide bonds. The Morgan fingerprint density at radius 3 is 2.59 bits per heavy atom. The Labute approximate surface area is 134 Å². The highest BCUT2D eigenvalue weighted by molar-refractivity contribution is 6.31. The zero-order valence-corrected chi connectivity index (χ0v) is 13.7. The molecule has 1 fully saturated rings. The third-order valence-electron chi connectivity index (χ3n) is 4.35. The van der Waals surface area contributed by atoms with E-state index >= 15 is 0 Å². The molecule has 0 radical (unpaired) electrons. The van der Waals surface area contributed by atoms with Gasteiger partial charge in [-0.3, -0.25) is 9.59 Å². The van der Waals surface area contributed by atoms with Crippen LogP contribution in [0, 0.1) is 11.2 Å². The molecule has 2 rings (SSSR count). The molecule has 0 saturated carbocycles. The van der Waals surface area contributed by atoms with E-state index in [1.165, 1.54) is 23.1 Å². The normalized spacial score (nSPS) is 23.9. The van der Waals surface area contributed by atoms with Gasteiger partial charge in [-0.1, -0.05) is 31.5 Å². The molecule has 1 aliphatic heterocycles. The minimum atomic E-state index is -1.13. The lowest BCUT2D eigenvalue weighted by Crippen LogP contribution is -2.56. The number of nitrogens with two attached hydrogens (primary N) is 1. The highest BCUT2D eigenvalue weighted by atomic mass is 35.5. The molecule has 0 aliphatic carbocycles. The van der Waals surface area contributed by atoms with Crippen LogP contribution in [0.5, 0.6) is 0 Å². The maximum absolute atomic E-state index is 13.2. The minimum Gasteiger partial charge on any atom is -0.368 e. The van der Waals surface area contributed by atoms with Gasteiger partial charge in [-0.15, -0.1) is 0 Å². The number of carbonyl (C=O) groups is 2. The molecule has 0 bridgehead atoms. The van der Waals surface area contributed by atoms with Gasteiger partial charge < -0.3 is 10.6 Å². The van der Waals surface area contributed by atoms with Gasteiger partial charge in [-0.2, -0.15) is 0 Å². The fraction of sp³-hybridized carbons (Fsp3) is 0.500. The molecule has 1 aromatic rings. The average molecular weight is 327 g/mol. The Kier molecular flexibility index (Phi) is 4.22. The van der Waals surface area contributed by atoms with Crippen LogP contribution >= 0.6 is 11.6 Å². The molecule has 0 aromatic heterocycles. The molecule has 2 N–H and O–H groups in total. The Morgan fingerprint density at radius 2 is 2.09 bits per heavy atom. The van der Waals surface area contributed by atoms with Gasteiger partial charge in [-0.25, -0.2) is 4.39 Å². The molecule has 6 heteroatoms. The van der Waals surface area contributed by atoms with Crippen molar-refractivity contribution in [3.63, 3.8) is 0 Å². The van der Waals surface area contributed by atoms with Crippen LogP contribution in [0.2, 0.25) is 5.02 Å². The lowest BCUT2D eigenvalue weighted by molar-refractivity contribution is -0.141. The molecule has 120 valence electrons. The summed E-state index contributed by atoms with van der Waals surface area (Å²) < 4.78 is 13.2. The van der Waals surface area contributed by atoms with E-state index in [0.717, 1.165) is 0 Å². The molecule has 1 aromatic carbocycles. The van der Waals surface area contributed by atoms with Gasteiger partial charge in [0.25, 0.3) is 0 Å². The monoisotopic (exact) mass is 326 g/mol. The molecule has 4 nitrogen and oxygen atoms in total. The zero-order chi connectivity index (χ0) is 16.7. The third-order valence-corrected chi connectivity index (χ3v) is 4.70. The average Bonchev–Trinajstić information content (AvgIpc) is 2.61. The molecule has 1 heterocycles. The van der Waals surface area contributed by atoms with Crippen molar-refractivity contribution in [3.8, 4) is 0 Å². The number of hydrogen-bond donors (Lipinski definition) is 1. The largest absolute Gasteiger partial charge is 0.368 e. The molecule has 22 heavy (non-hydrogen) atoms. The number of likely N-dealkylation sites (tertiary alicyclic amines) is 1. The Morgan fingerprint density at radius 1 is 1.45 bits per heavy atom. The summed E-state index contributed by atoms with van der Waals surface area (Å²) in [5, 5.41) is 0.230. The quantitative estimate of drug-likeness (QED) is 0.924. The van der Waals surface area contributed by atoms with Crippen molar-refractivity contribution < 1.29 is 14.0 Å². The SMILES string of the molecule is CCN1C(=O)C(C)(C)C[C@@]1(Cc1ccc(F)cc1Cl)C(N)=O. The van der Waals surface area contributed by atoms with E-state index in [4.69, 9.17) is 17.3 Å². The summed E-state index contributed by atoms with van der Waals surface area (Å²) in [6, 6.07) is 4.02. The van der Waals surface area contributed by atoms with Crippen molar-refractivity contribution in [1.29, 1.82) is 0 Å². The Bertz CT molecular complexity index is 633. The first kappa shape index (κ1) is 16.7. The highest BCUT2D eigenvalue weighted by Crippen LogP contribution is 2.44. The fourth-order valence-corrected chi connectivity index (χ4v) is 3.59. The summed E-state index contributed by atoms with van der Waals surface area (Å²) in [5.41, 5.74) is 4.47. The second-order valence-corrected chi connectivity index (χ2v) is 6.83. The fourth-order valence-electron chi connectivity index (χ4n) is 3.35. The maximum Gasteiger partial charge on any atom is 0.243 e. The van der Waals surface area contributed by atoms with E-state index < -0.39 is 22.7 Å². The number of likely N-dealkylation sites (N-methyl/N-ethyl adjacent to an activating group) is 1. The van der Waals surface area contributed by atoms with Crippen molar-refractivity contribution in [1.82, 2.24) is 4.90 Å². The Balaban J connectivity index is 2.50. The van der Waals surface area contributed by atoms with Crippen molar-refractivity contribution in [2.24, 2.45) is 11.1 Å². The third kappa shape index (κ3) is 2.58. The van der Waals surface area contributed by atoms with Gasteiger partial charge in [0.1, 0.15) is 11.4 Å². The lowest BCUT2D eigenvalue weighted by Gasteiger charge is -2.35. The number of halogens is 2. The molecule has 1 atom stereocenters. The van der Waals surface area contributed by atoms with Crippen LogP contribution in [-0.4, -0.2) is 28.8 Å². The van der Waals surface area contributed by atoms with Gasteiger partial charge in [0.15, 0.2) is 0 Å². The van der Waals surface area contributed by atoms with Crippen molar-refractivity contribution in [2.45, 2.75) is 39.2 Å². The second-order valence-electron chi connectivity index (χ2n) is 6.42. The van der Waals surface area contributed by atoms with E-state index in [-0.39, 0.29) is 17.4 Å². The van der Waals surface area contributed by atoms with E-state index in [1.807, 2.05) is 6.92 Å². The van der Waals surface area contributed by atoms with Crippen LogP contribution in [0.3, 0.4) is 0 Å². The summed E-state index contributed by atoms with van der Waals surface area (Å²) in [5.74, 6) is -1.11. The predicted molar refractivity (Wildman–Crippen MR) is 82.8 cm³/mol. The van der Waals surface area contributed by atoms with Gasteiger partial charge in [0.05, 0.1) is 0 Å². The number of primary amides is 1. The minimum absolute atomic E-state index is 0.105. The van der Waals surface area contributed by atoms with Gasteiger partial charge in [0, 0.05) is 23.4 Å². The summed E-state index contributed by atoms with van der Waals surface area (Å²) in [7, 11) is 0. The molecule has 1 saturated heterocycles. The van der Waals surface area contributed by atoms with Crippen LogP contribution < -0.4 is 5.73 Å². The van der Waals surface area contributed by atoms with Crippen molar-refractivity contribution in [2.75, 3.05) is 6.54 Å². The summed E-state index contributed by atoms with van der Waals surface area (Å²) in [6.45, 7) is 5.79. The van der Waals surface area contributed by atoms with Crippen molar-refractivity contribution >= 4 is 23.4 Å². The standard InChI is InChI=1S/C16H20ClFN2O2/c1-4-20-14(22)15(2,3)9-16(20,13(19)21)8-10-5-6-11(18)7-12(10)17/h5-7H,4,8-9H2,1-3H3,(H2,19,21)/t16-/m0/s1. The first-order chi connectivity index (χ1) is 10.1. The van der Waals surface area contributed by atoms with Gasteiger partial charge in [0.2, 0.25) is 11.8 Å². The van der Waals surface area contributed by atoms with Crippen LogP contribution in [0.15, 0.2) is 18.2 Å². The molecule has 0 spiro atoms. The highest BCUT2D eigenvalue weighted by Gasteiger charge is 2.57. The van der Waals surface area contributed by atoms with Crippen molar-refractivity contribution in [3.05, 3.63) is 34.6 Å².